The van der Waals surface area contributed by atoms with E-state index in [0.717, 1.165) is 22.4 Å². The van der Waals surface area contributed by atoms with Crippen molar-refractivity contribution in [1.29, 1.82) is 0 Å². The summed E-state index contributed by atoms with van der Waals surface area (Å²) in [6, 6.07) is 16.2. The van der Waals surface area contributed by atoms with Gasteiger partial charge in [-0.15, -0.1) is 11.6 Å². The lowest BCUT2D eigenvalue weighted by Crippen LogP contribution is -1.96. The van der Waals surface area contributed by atoms with Crippen LogP contribution in [0.5, 0.6) is 5.75 Å². The Morgan fingerprint density at radius 1 is 0.941 bits per heavy atom. The molecule has 2 aromatic rings. The van der Waals surface area contributed by atoms with Crippen LogP contribution in [0.25, 0.3) is 0 Å². The highest BCUT2D eigenvalue weighted by atomic mass is 35.5. The van der Waals surface area contributed by atoms with Crippen LogP contribution in [0.1, 0.15) is 16.7 Å². The molecule has 0 radical (unpaired) electrons. The van der Waals surface area contributed by atoms with Crippen molar-refractivity contribution < 1.29 is 4.74 Å². The molecule has 2 aromatic carbocycles. The number of hydrogen-bond donors (Lipinski definition) is 0. The fraction of sp³-hybridized carbons (Fsp3) is 0.200. The Hall–Kier alpha value is -1.47. The molecule has 0 saturated heterocycles. The fourth-order valence-electron chi connectivity index (χ4n) is 1.60. The highest BCUT2D eigenvalue weighted by Crippen LogP contribution is 2.18. The van der Waals surface area contributed by atoms with Gasteiger partial charge in [0, 0.05) is 5.88 Å². The summed E-state index contributed by atoms with van der Waals surface area (Å²) < 4.78 is 5.76. The molecule has 0 amide bonds. The third-order valence-corrected chi connectivity index (χ3v) is 2.97. The average Bonchev–Trinajstić information content (AvgIpc) is 2.38. The fourth-order valence-corrected chi connectivity index (χ4v) is 1.78. The van der Waals surface area contributed by atoms with Gasteiger partial charge in [-0.3, -0.25) is 0 Å². The van der Waals surface area contributed by atoms with Crippen molar-refractivity contribution in [3.05, 3.63) is 65.2 Å². The van der Waals surface area contributed by atoms with Gasteiger partial charge in [-0.1, -0.05) is 42.5 Å². The summed E-state index contributed by atoms with van der Waals surface area (Å²) >= 11 is 5.74. The molecule has 0 fully saturated rings. The van der Waals surface area contributed by atoms with Gasteiger partial charge in [-0.05, 0) is 29.7 Å². The third-order valence-electron chi connectivity index (χ3n) is 2.67. The number of rotatable bonds is 4. The van der Waals surface area contributed by atoms with Crippen molar-refractivity contribution in [2.45, 2.75) is 19.4 Å². The number of halogens is 1. The van der Waals surface area contributed by atoms with Crippen LogP contribution in [-0.4, -0.2) is 0 Å². The van der Waals surface area contributed by atoms with E-state index in [1.807, 2.05) is 43.3 Å². The van der Waals surface area contributed by atoms with Gasteiger partial charge in [0.15, 0.2) is 0 Å². The highest BCUT2D eigenvalue weighted by Gasteiger charge is 1.99. The topological polar surface area (TPSA) is 9.23 Å². The molecule has 0 heterocycles. The van der Waals surface area contributed by atoms with E-state index in [1.54, 1.807) is 0 Å². The lowest BCUT2D eigenvalue weighted by atomic mass is 10.1. The number of aryl methyl sites for hydroxylation is 1. The van der Waals surface area contributed by atoms with Crippen LogP contribution in [0.3, 0.4) is 0 Å². The first-order chi connectivity index (χ1) is 8.29. The average molecular weight is 247 g/mol. The van der Waals surface area contributed by atoms with Gasteiger partial charge in [0.25, 0.3) is 0 Å². The van der Waals surface area contributed by atoms with E-state index >= 15 is 0 Å². The first kappa shape index (κ1) is 12.0. The van der Waals surface area contributed by atoms with Crippen molar-refractivity contribution in [2.75, 3.05) is 0 Å². The normalized spacial score (nSPS) is 10.2. The van der Waals surface area contributed by atoms with Crippen LogP contribution >= 0.6 is 11.6 Å². The number of para-hydroxylation sites is 1. The van der Waals surface area contributed by atoms with E-state index in [1.165, 1.54) is 0 Å². The standard InChI is InChI=1S/C15H15ClO/c1-12-4-2-3-5-15(12)17-11-14-8-6-13(10-16)7-9-14/h2-9H,10-11H2,1H3. The predicted octanol–water partition coefficient (Wildman–Crippen LogP) is 4.31. The van der Waals surface area contributed by atoms with Crippen molar-refractivity contribution in [2.24, 2.45) is 0 Å². The summed E-state index contributed by atoms with van der Waals surface area (Å²) in [6.45, 7) is 2.64. The molecular weight excluding hydrogens is 232 g/mol. The number of ether oxygens (including phenoxy) is 1. The maximum atomic E-state index is 5.76. The largest absolute Gasteiger partial charge is 0.489 e. The van der Waals surface area contributed by atoms with Crippen molar-refractivity contribution in [3.63, 3.8) is 0 Å². The maximum Gasteiger partial charge on any atom is 0.122 e. The monoisotopic (exact) mass is 246 g/mol. The van der Waals surface area contributed by atoms with E-state index in [2.05, 4.69) is 12.1 Å². The maximum absolute atomic E-state index is 5.76. The molecule has 2 rings (SSSR count). The van der Waals surface area contributed by atoms with Crippen LogP contribution in [0.2, 0.25) is 0 Å². The molecule has 0 aliphatic carbocycles. The minimum Gasteiger partial charge on any atom is -0.489 e. The van der Waals surface area contributed by atoms with Gasteiger partial charge in [0.1, 0.15) is 12.4 Å². The van der Waals surface area contributed by atoms with E-state index in [-0.39, 0.29) is 0 Å². The first-order valence-corrected chi connectivity index (χ1v) is 6.15. The summed E-state index contributed by atoms with van der Waals surface area (Å²) in [7, 11) is 0. The van der Waals surface area contributed by atoms with Gasteiger partial charge >= 0.3 is 0 Å². The van der Waals surface area contributed by atoms with Gasteiger partial charge in [0.05, 0.1) is 0 Å². The molecule has 0 N–H and O–H groups in total. The SMILES string of the molecule is Cc1ccccc1OCc1ccc(CCl)cc1. The van der Waals surface area contributed by atoms with E-state index in [0.29, 0.717) is 12.5 Å². The molecule has 0 bridgehead atoms. The Morgan fingerprint density at radius 2 is 1.59 bits per heavy atom. The molecular formula is C15H15ClO. The summed E-state index contributed by atoms with van der Waals surface area (Å²) in [5.41, 5.74) is 3.44. The second kappa shape index (κ2) is 5.74. The van der Waals surface area contributed by atoms with Crippen LogP contribution in [0.4, 0.5) is 0 Å². The summed E-state index contributed by atoms with van der Waals surface area (Å²) in [4.78, 5) is 0. The zero-order valence-corrected chi connectivity index (χ0v) is 10.6. The van der Waals surface area contributed by atoms with Crippen molar-refractivity contribution >= 4 is 11.6 Å². The Labute approximate surface area is 107 Å². The molecule has 0 atom stereocenters. The number of hydrogen-bond acceptors (Lipinski definition) is 1. The molecule has 88 valence electrons. The molecule has 0 aliphatic rings. The zero-order valence-electron chi connectivity index (χ0n) is 9.82. The van der Waals surface area contributed by atoms with E-state index in [4.69, 9.17) is 16.3 Å². The third kappa shape index (κ3) is 3.24. The molecule has 0 aliphatic heterocycles. The Balaban J connectivity index is 2.00. The van der Waals surface area contributed by atoms with E-state index in [9.17, 15) is 0 Å². The molecule has 0 unspecified atom stereocenters. The van der Waals surface area contributed by atoms with Crippen LogP contribution < -0.4 is 4.74 Å². The second-order valence-corrected chi connectivity index (χ2v) is 4.27. The zero-order chi connectivity index (χ0) is 12.1. The smallest absolute Gasteiger partial charge is 0.122 e. The Kier molecular flexibility index (Phi) is 4.05. The predicted molar refractivity (Wildman–Crippen MR) is 71.5 cm³/mol. The Bertz CT molecular complexity index is 477. The van der Waals surface area contributed by atoms with E-state index < -0.39 is 0 Å². The van der Waals surface area contributed by atoms with Crippen LogP contribution in [0, 0.1) is 6.92 Å². The van der Waals surface area contributed by atoms with Crippen LogP contribution in [0.15, 0.2) is 48.5 Å². The molecule has 17 heavy (non-hydrogen) atoms. The molecule has 2 heteroatoms. The molecule has 0 spiro atoms. The lowest BCUT2D eigenvalue weighted by Gasteiger charge is -2.09. The number of alkyl halides is 1. The van der Waals surface area contributed by atoms with Crippen LogP contribution in [-0.2, 0) is 12.5 Å². The minimum absolute atomic E-state index is 0.554. The van der Waals surface area contributed by atoms with Crippen molar-refractivity contribution in [3.8, 4) is 5.75 Å². The summed E-state index contributed by atoms with van der Waals surface area (Å²) in [6.07, 6.45) is 0. The minimum atomic E-state index is 0.554. The highest BCUT2D eigenvalue weighted by molar-refractivity contribution is 6.17. The van der Waals surface area contributed by atoms with Gasteiger partial charge in [0.2, 0.25) is 0 Å². The first-order valence-electron chi connectivity index (χ1n) is 5.62. The summed E-state index contributed by atoms with van der Waals surface area (Å²) in [5.74, 6) is 1.49. The lowest BCUT2D eigenvalue weighted by molar-refractivity contribution is 0.304. The number of benzene rings is 2. The van der Waals surface area contributed by atoms with Gasteiger partial charge in [-0.25, -0.2) is 0 Å². The molecule has 0 saturated carbocycles. The Morgan fingerprint density at radius 3 is 2.24 bits per heavy atom. The summed E-state index contributed by atoms with van der Waals surface area (Å²) in [5, 5.41) is 0. The quantitative estimate of drug-likeness (QED) is 0.731. The van der Waals surface area contributed by atoms with Gasteiger partial charge in [-0.2, -0.15) is 0 Å². The second-order valence-electron chi connectivity index (χ2n) is 4.00. The van der Waals surface area contributed by atoms with Crippen molar-refractivity contribution in [1.82, 2.24) is 0 Å². The van der Waals surface area contributed by atoms with Gasteiger partial charge < -0.3 is 4.74 Å². The molecule has 0 aromatic heterocycles. The molecule has 1 nitrogen and oxygen atoms in total.